The molecule has 1 aromatic rings. The normalized spacial score (nSPS) is 21.1. The average Bonchev–Trinajstić information content (AvgIpc) is 2.90. The molecule has 112 valence electrons. The van der Waals surface area contributed by atoms with E-state index in [2.05, 4.69) is 31.9 Å². The van der Waals surface area contributed by atoms with Crippen LogP contribution in [-0.4, -0.2) is 45.8 Å². The molecule has 3 heterocycles. The lowest BCUT2D eigenvalue weighted by Crippen LogP contribution is -2.37. The molecule has 20 heavy (non-hydrogen) atoms. The van der Waals surface area contributed by atoms with Crippen LogP contribution in [0.5, 0.6) is 0 Å². The first-order valence-corrected chi connectivity index (χ1v) is 8.21. The van der Waals surface area contributed by atoms with Gasteiger partial charge in [0.05, 0.1) is 6.54 Å². The smallest absolute Gasteiger partial charge is 0.147 e. The van der Waals surface area contributed by atoms with Crippen LogP contribution in [0.1, 0.15) is 44.3 Å². The number of rotatable bonds is 5. The summed E-state index contributed by atoms with van der Waals surface area (Å²) in [5.74, 6) is 3.25. The van der Waals surface area contributed by atoms with E-state index in [4.69, 9.17) is 0 Å². The van der Waals surface area contributed by atoms with Crippen molar-refractivity contribution in [3.8, 4) is 0 Å². The van der Waals surface area contributed by atoms with Crippen LogP contribution in [0.4, 0.5) is 0 Å². The highest BCUT2D eigenvalue weighted by molar-refractivity contribution is 4.99. The summed E-state index contributed by atoms with van der Waals surface area (Å²) in [6.07, 6.45) is 6.29. The quantitative estimate of drug-likeness (QED) is 0.884. The van der Waals surface area contributed by atoms with Crippen molar-refractivity contribution in [1.82, 2.24) is 25.0 Å². The topological polar surface area (TPSA) is 46.0 Å². The van der Waals surface area contributed by atoms with Crippen LogP contribution < -0.4 is 5.32 Å². The molecule has 5 heteroatoms. The van der Waals surface area contributed by atoms with E-state index in [1.54, 1.807) is 0 Å². The molecule has 0 unspecified atom stereocenters. The number of hydrogen-bond donors (Lipinski definition) is 1. The van der Waals surface area contributed by atoms with E-state index in [1.165, 1.54) is 57.0 Å². The fraction of sp³-hybridized carbons (Fsp3) is 0.867. The number of aromatic nitrogens is 3. The van der Waals surface area contributed by atoms with Crippen molar-refractivity contribution in [2.75, 3.05) is 26.2 Å². The molecule has 0 aliphatic carbocycles. The molecule has 0 amide bonds. The third-order valence-electron chi connectivity index (χ3n) is 4.69. The maximum Gasteiger partial charge on any atom is 0.147 e. The van der Waals surface area contributed by atoms with Crippen LogP contribution >= 0.6 is 0 Å². The lowest BCUT2D eigenvalue weighted by Gasteiger charge is -2.31. The minimum Gasteiger partial charge on any atom is -0.317 e. The Hall–Kier alpha value is -0.940. The Morgan fingerprint density at radius 2 is 2.00 bits per heavy atom. The highest BCUT2D eigenvalue weighted by Gasteiger charge is 2.22. The summed E-state index contributed by atoms with van der Waals surface area (Å²) in [4.78, 5) is 2.55. The van der Waals surface area contributed by atoms with Gasteiger partial charge >= 0.3 is 0 Å². The predicted molar refractivity (Wildman–Crippen MR) is 79.5 cm³/mol. The molecule has 0 saturated carbocycles. The number of nitrogens with one attached hydrogen (secondary N) is 1. The van der Waals surface area contributed by atoms with Crippen LogP contribution in [-0.2, 0) is 19.5 Å². The molecule has 1 saturated heterocycles. The first-order chi connectivity index (χ1) is 9.86. The third kappa shape index (κ3) is 3.20. The lowest BCUT2D eigenvalue weighted by atomic mass is 9.97. The molecule has 3 rings (SSSR count). The lowest BCUT2D eigenvalue weighted by molar-refractivity contribution is 0.170. The Morgan fingerprint density at radius 1 is 1.15 bits per heavy atom. The predicted octanol–water partition coefficient (Wildman–Crippen LogP) is 1.44. The second-order valence-corrected chi connectivity index (χ2v) is 6.17. The highest BCUT2D eigenvalue weighted by Crippen LogP contribution is 2.20. The third-order valence-corrected chi connectivity index (χ3v) is 4.69. The molecule has 0 aromatic carbocycles. The Balaban J connectivity index is 1.51. The van der Waals surface area contributed by atoms with Gasteiger partial charge in [0, 0.05) is 13.0 Å². The van der Waals surface area contributed by atoms with E-state index in [-0.39, 0.29) is 0 Å². The largest absolute Gasteiger partial charge is 0.317 e. The zero-order chi connectivity index (χ0) is 13.8. The molecule has 1 aromatic heterocycles. The number of nitrogens with zero attached hydrogens (tertiary/aromatic N) is 4. The zero-order valence-corrected chi connectivity index (χ0v) is 12.6. The molecule has 2 aliphatic heterocycles. The molecule has 2 aliphatic rings. The summed E-state index contributed by atoms with van der Waals surface area (Å²) >= 11 is 0. The van der Waals surface area contributed by atoms with Crippen molar-refractivity contribution in [1.29, 1.82) is 0 Å². The van der Waals surface area contributed by atoms with E-state index in [0.717, 1.165) is 32.0 Å². The van der Waals surface area contributed by atoms with Crippen molar-refractivity contribution < 1.29 is 0 Å². The van der Waals surface area contributed by atoms with Crippen LogP contribution in [0.15, 0.2) is 0 Å². The number of fused-ring (bicyclic) bond motifs is 1. The molecule has 5 nitrogen and oxygen atoms in total. The maximum absolute atomic E-state index is 4.42. The van der Waals surface area contributed by atoms with E-state index in [9.17, 15) is 0 Å². The Morgan fingerprint density at radius 3 is 2.80 bits per heavy atom. The standard InChI is InChI=1S/C15H27N5/c1-2-16-11-13-6-9-19(10-7-13)12-15-18-17-14-5-3-4-8-20(14)15/h13,16H,2-12H2,1H3. The second-order valence-electron chi connectivity index (χ2n) is 6.17. The molecule has 0 bridgehead atoms. The monoisotopic (exact) mass is 277 g/mol. The molecule has 0 radical (unpaired) electrons. The van der Waals surface area contributed by atoms with Gasteiger partial charge in [-0.1, -0.05) is 6.92 Å². The number of hydrogen-bond acceptors (Lipinski definition) is 4. The molecular weight excluding hydrogens is 250 g/mol. The van der Waals surface area contributed by atoms with Crippen molar-refractivity contribution >= 4 is 0 Å². The van der Waals surface area contributed by atoms with Crippen LogP contribution in [0.25, 0.3) is 0 Å². The summed E-state index contributed by atoms with van der Waals surface area (Å²) in [5.41, 5.74) is 0. The van der Waals surface area contributed by atoms with E-state index < -0.39 is 0 Å². The van der Waals surface area contributed by atoms with Crippen LogP contribution in [0, 0.1) is 5.92 Å². The molecule has 1 fully saturated rings. The van der Waals surface area contributed by atoms with Crippen molar-refractivity contribution in [3.05, 3.63) is 11.6 Å². The van der Waals surface area contributed by atoms with Gasteiger partial charge < -0.3 is 9.88 Å². The van der Waals surface area contributed by atoms with E-state index >= 15 is 0 Å². The summed E-state index contributed by atoms with van der Waals surface area (Å²) in [6, 6.07) is 0. The average molecular weight is 277 g/mol. The molecule has 1 N–H and O–H groups in total. The number of piperidine rings is 1. The van der Waals surface area contributed by atoms with Gasteiger partial charge in [0.25, 0.3) is 0 Å². The zero-order valence-electron chi connectivity index (χ0n) is 12.6. The fourth-order valence-corrected chi connectivity index (χ4v) is 3.38. The minimum atomic E-state index is 0.860. The van der Waals surface area contributed by atoms with Gasteiger partial charge in [-0.15, -0.1) is 10.2 Å². The van der Waals surface area contributed by atoms with Crippen LogP contribution in [0.3, 0.4) is 0 Å². The van der Waals surface area contributed by atoms with Gasteiger partial charge in [-0.05, 0) is 57.8 Å². The van der Waals surface area contributed by atoms with Crippen molar-refractivity contribution in [2.24, 2.45) is 5.92 Å². The van der Waals surface area contributed by atoms with Gasteiger partial charge in [-0.25, -0.2) is 0 Å². The Labute approximate surface area is 121 Å². The Bertz CT molecular complexity index is 420. The maximum atomic E-state index is 4.42. The Kier molecular flexibility index (Phi) is 4.68. The summed E-state index contributed by atoms with van der Waals surface area (Å²) in [5, 5.41) is 12.2. The summed E-state index contributed by atoms with van der Waals surface area (Å²) in [7, 11) is 0. The second kappa shape index (κ2) is 6.68. The number of likely N-dealkylation sites (tertiary alicyclic amines) is 1. The van der Waals surface area contributed by atoms with Gasteiger partial charge in [0.2, 0.25) is 0 Å². The van der Waals surface area contributed by atoms with Crippen molar-refractivity contribution in [2.45, 2.75) is 52.1 Å². The van der Waals surface area contributed by atoms with Gasteiger partial charge in [0.15, 0.2) is 0 Å². The van der Waals surface area contributed by atoms with E-state index in [1.807, 2.05) is 0 Å². The van der Waals surface area contributed by atoms with Gasteiger partial charge in [-0.2, -0.15) is 0 Å². The molecular formula is C15H27N5. The van der Waals surface area contributed by atoms with Crippen LogP contribution in [0.2, 0.25) is 0 Å². The highest BCUT2D eigenvalue weighted by atomic mass is 15.3. The first kappa shape index (κ1) is 14.0. The SMILES string of the molecule is CCNCC1CCN(Cc2nnc3n2CCCC3)CC1. The molecule has 0 spiro atoms. The summed E-state index contributed by atoms with van der Waals surface area (Å²) in [6.45, 7) is 8.98. The van der Waals surface area contributed by atoms with Crippen molar-refractivity contribution in [3.63, 3.8) is 0 Å². The van der Waals surface area contributed by atoms with E-state index in [0.29, 0.717) is 0 Å². The number of aryl methyl sites for hydroxylation is 1. The first-order valence-electron chi connectivity index (χ1n) is 8.21. The summed E-state index contributed by atoms with van der Waals surface area (Å²) < 4.78 is 2.36. The minimum absolute atomic E-state index is 0.860. The van der Waals surface area contributed by atoms with Gasteiger partial charge in [-0.3, -0.25) is 4.90 Å². The fourth-order valence-electron chi connectivity index (χ4n) is 3.38. The molecule has 0 atom stereocenters. The van der Waals surface area contributed by atoms with Gasteiger partial charge in [0.1, 0.15) is 11.6 Å².